The van der Waals surface area contributed by atoms with Crippen LogP contribution in [0.25, 0.3) is 0 Å². The van der Waals surface area contributed by atoms with Gasteiger partial charge in [0.2, 0.25) is 0 Å². The van der Waals surface area contributed by atoms with Crippen LogP contribution in [0.15, 0.2) is 58.7 Å². The molecule has 0 unspecified atom stereocenters. The van der Waals surface area contributed by atoms with Crippen molar-refractivity contribution >= 4 is 17.4 Å². The Balaban J connectivity index is 2.10. The lowest BCUT2D eigenvalue weighted by molar-refractivity contribution is -0.114. The number of hydrogen-bond donors (Lipinski definition) is 0. The zero-order valence-corrected chi connectivity index (χ0v) is 9.55. The summed E-state index contributed by atoms with van der Waals surface area (Å²) in [4.78, 5) is 18.3. The number of nitrogens with zero attached hydrogens (tertiary/aromatic N) is 2. The SMILES string of the molecule is CCC1=C2C=CN=C2N(c2ccccc2)C1=O. The summed E-state index contributed by atoms with van der Waals surface area (Å²) in [7, 11) is 0. The first-order valence-corrected chi connectivity index (χ1v) is 5.70. The average molecular weight is 224 g/mol. The molecule has 84 valence electrons. The van der Waals surface area contributed by atoms with Crippen molar-refractivity contribution in [3.63, 3.8) is 0 Å². The fraction of sp³-hybridized carbons (Fsp3) is 0.143. The molecule has 0 fully saturated rings. The van der Waals surface area contributed by atoms with Crippen LogP contribution < -0.4 is 4.90 Å². The van der Waals surface area contributed by atoms with Crippen molar-refractivity contribution in [2.45, 2.75) is 13.3 Å². The molecule has 0 saturated carbocycles. The molecule has 0 aromatic heterocycles. The van der Waals surface area contributed by atoms with E-state index in [4.69, 9.17) is 0 Å². The molecule has 3 rings (SSSR count). The first-order chi connectivity index (χ1) is 8.33. The van der Waals surface area contributed by atoms with Crippen LogP contribution in [0.1, 0.15) is 13.3 Å². The molecule has 2 aliphatic heterocycles. The first kappa shape index (κ1) is 10.0. The summed E-state index contributed by atoms with van der Waals surface area (Å²) in [6, 6.07) is 9.64. The van der Waals surface area contributed by atoms with Gasteiger partial charge in [-0.15, -0.1) is 0 Å². The summed E-state index contributed by atoms with van der Waals surface area (Å²) >= 11 is 0. The smallest absolute Gasteiger partial charge is 0.260 e. The summed E-state index contributed by atoms with van der Waals surface area (Å²) < 4.78 is 0. The van der Waals surface area contributed by atoms with Crippen LogP contribution in [0.3, 0.4) is 0 Å². The number of rotatable bonds is 2. The van der Waals surface area contributed by atoms with Gasteiger partial charge >= 0.3 is 0 Å². The molecule has 0 bridgehead atoms. The van der Waals surface area contributed by atoms with E-state index in [1.165, 1.54) is 0 Å². The van der Waals surface area contributed by atoms with Crippen molar-refractivity contribution in [3.8, 4) is 0 Å². The van der Waals surface area contributed by atoms with Crippen LogP contribution >= 0.6 is 0 Å². The molecule has 1 amide bonds. The second kappa shape index (κ2) is 3.70. The normalized spacial score (nSPS) is 17.8. The highest BCUT2D eigenvalue weighted by molar-refractivity contribution is 6.36. The largest absolute Gasteiger partial charge is 0.269 e. The fourth-order valence-corrected chi connectivity index (χ4v) is 2.24. The van der Waals surface area contributed by atoms with Gasteiger partial charge in [-0.2, -0.15) is 0 Å². The number of aliphatic imine (C=N–C) groups is 1. The van der Waals surface area contributed by atoms with E-state index >= 15 is 0 Å². The fourth-order valence-electron chi connectivity index (χ4n) is 2.24. The van der Waals surface area contributed by atoms with Crippen molar-refractivity contribution in [2.75, 3.05) is 4.90 Å². The average Bonchev–Trinajstić information content (AvgIpc) is 2.89. The number of amidine groups is 1. The minimum Gasteiger partial charge on any atom is -0.269 e. The third-order valence-corrected chi connectivity index (χ3v) is 3.05. The van der Waals surface area contributed by atoms with Crippen LogP contribution in [0, 0.1) is 0 Å². The van der Waals surface area contributed by atoms with Gasteiger partial charge in [0, 0.05) is 17.3 Å². The van der Waals surface area contributed by atoms with E-state index in [0.29, 0.717) is 0 Å². The van der Waals surface area contributed by atoms with Crippen molar-refractivity contribution < 1.29 is 4.79 Å². The summed E-state index contributed by atoms with van der Waals surface area (Å²) in [5.74, 6) is 0.815. The zero-order valence-electron chi connectivity index (χ0n) is 9.55. The molecule has 3 nitrogen and oxygen atoms in total. The van der Waals surface area contributed by atoms with E-state index < -0.39 is 0 Å². The van der Waals surface area contributed by atoms with Gasteiger partial charge in [0.15, 0.2) is 0 Å². The molecule has 0 saturated heterocycles. The molecule has 0 atom stereocenters. The maximum Gasteiger partial charge on any atom is 0.260 e. The topological polar surface area (TPSA) is 32.7 Å². The Labute approximate surface area is 99.8 Å². The molecule has 0 aliphatic carbocycles. The molecule has 3 heteroatoms. The number of anilines is 1. The third-order valence-electron chi connectivity index (χ3n) is 3.05. The van der Waals surface area contributed by atoms with E-state index in [1.54, 1.807) is 11.1 Å². The maximum atomic E-state index is 12.3. The minimum absolute atomic E-state index is 0.0526. The highest BCUT2D eigenvalue weighted by Crippen LogP contribution is 2.32. The number of fused-ring (bicyclic) bond motifs is 1. The van der Waals surface area contributed by atoms with Gasteiger partial charge in [0.1, 0.15) is 5.84 Å². The lowest BCUT2D eigenvalue weighted by atomic mass is 10.1. The van der Waals surface area contributed by atoms with E-state index in [2.05, 4.69) is 4.99 Å². The Morgan fingerprint density at radius 2 is 2.00 bits per heavy atom. The van der Waals surface area contributed by atoms with Crippen LogP contribution in [0.2, 0.25) is 0 Å². The maximum absolute atomic E-state index is 12.3. The Morgan fingerprint density at radius 3 is 2.71 bits per heavy atom. The van der Waals surface area contributed by atoms with E-state index in [1.807, 2.05) is 43.3 Å². The molecular weight excluding hydrogens is 212 g/mol. The summed E-state index contributed by atoms with van der Waals surface area (Å²) in [5.41, 5.74) is 2.70. The first-order valence-electron chi connectivity index (χ1n) is 5.70. The number of para-hydroxylation sites is 1. The van der Waals surface area contributed by atoms with E-state index in [0.717, 1.165) is 29.1 Å². The van der Waals surface area contributed by atoms with Crippen molar-refractivity contribution in [1.82, 2.24) is 0 Å². The highest BCUT2D eigenvalue weighted by Gasteiger charge is 2.36. The monoisotopic (exact) mass is 224 g/mol. The van der Waals surface area contributed by atoms with Crippen LogP contribution in [-0.2, 0) is 4.79 Å². The van der Waals surface area contributed by atoms with Crippen molar-refractivity contribution in [3.05, 3.63) is 53.8 Å². The molecule has 1 aromatic rings. The second-order valence-corrected chi connectivity index (χ2v) is 3.99. The van der Waals surface area contributed by atoms with Gasteiger partial charge in [-0.3, -0.25) is 9.69 Å². The molecule has 1 aromatic carbocycles. The van der Waals surface area contributed by atoms with Crippen LogP contribution in [-0.4, -0.2) is 11.7 Å². The van der Waals surface area contributed by atoms with Gasteiger partial charge in [-0.05, 0) is 24.6 Å². The zero-order chi connectivity index (χ0) is 11.8. The highest BCUT2D eigenvalue weighted by atomic mass is 16.2. The summed E-state index contributed by atoms with van der Waals surface area (Å²) in [6.45, 7) is 2.00. The molecule has 2 aliphatic rings. The van der Waals surface area contributed by atoms with E-state index in [-0.39, 0.29) is 5.91 Å². The molecule has 0 radical (unpaired) electrons. The predicted octanol–water partition coefficient (Wildman–Crippen LogP) is 2.67. The minimum atomic E-state index is 0.0526. The lowest BCUT2D eigenvalue weighted by Gasteiger charge is -2.16. The van der Waals surface area contributed by atoms with Gasteiger partial charge in [0.05, 0.1) is 5.69 Å². The van der Waals surface area contributed by atoms with Gasteiger partial charge in [-0.25, -0.2) is 4.99 Å². The van der Waals surface area contributed by atoms with Gasteiger partial charge < -0.3 is 0 Å². The molecule has 0 spiro atoms. The molecule has 17 heavy (non-hydrogen) atoms. The Hall–Kier alpha value is -2.16. The lowest BCUT2D eigenvalue weighted by Crippen LogP contribution is -2.31. The van der Waals surface area contributed by atoms with Gasteiger partial charge in [0.25, 0.3) is 5.91 Å². The van der Waals surface area contributed by atoms with Gasteiger partial charge in [-0.1, -0.05) is 25.1 Å². The summed E-state index contributed by atoms with van der Waals surface area (Å²) in [5, 5.41) is 0. The Kier molecular flexibility index (Phi) is 2.18. The molecule has 2 heterocycles. The van der Waals surface area contributed by atoms with Crippen molar-refractivity contribution in [2.24, 2.45) is 4.99 Å². The number of carbonyl (C=O) groups excluding carboxylic acids is 1. The number of hydrogen-bond acceptors (Lipinski definition) is 2. The predicted molar refractivity (Wildman–Crippen MR) is 67.8 cm³/mol. The quantitative estimate of drug-likeness (QED) is 0.760. The standard InChI is InChI=1S/C14H12N2O/c1-2-11-12-8-9-15-13(12)16(14(11)17)10-6-4-3-5-7-10/h3-9H,2H2,1H3. The van der Waals surface area contributed by atoms with E-state index in [9.17, 15) is 4.79 Å². The number of amides is 1. The Morgan fingerprint density at radius 1 is 1.24 bits per heavy atom. The number of benzene rings is 1. The third kappa shape index (κ3) is 1.35. The molecule has 0 N–H and O–H groups in total. The summed E-state index contributed by atoms with van der Waals surface area (Å²) in [6.07, 6.45) is 4.40. The van der Waals surface area contributed by atoms with Crippen LogP contribution in [0.5, 0.6) is 0 Å². The Bertz CT molecular complexity index is 567. The van der Waals surface area contributed by atoms with Crippen molar-refractivity contribution in [1.29, 1.82) is 0 Å². The second-order valence-electron chi connectivity index (χ2n) is 3.99. The van der Waals surface area contributed by atoms with Crippen LogP contribution in [0.4, 0.5) is 5.69 Å². The molecular formula is C14H12N2O. The number of carbonyl (C=O) groups is 1.